The fraction of sp³-hybridized carbons (Fsp3) is 0.737. The first-order chi connectivity index (χ1) is 10.1. The van der Waals surface area contributed by atoms with Crippen LogP contribution in [0.3, 0.4) is 0 Å². The molecular weight excluding hydrogens is 256 g/mol. The minimum atomic E-state index is 0.579. The van der Waals surface area contributed by atoms with Crippen molar-refractivity contribution in [2.24, 2.45) is 11.8 Å². The standard InChI is InChI=1S/C19H32N2/c1-5-6-16-8-10-18(12-20-14(2)3)19(11-16)17-9-7-15(4)21-13-17/h7,9,13-14,16,18-20H,5-6,8,10-12H2,1-4H3. The summed E-state index contributed by atoms with van der Waals surface area (Å²) in [4.78, 5) is 4.53. The lowest BCUT2D eigenvalue weighted by Gasteiger charge is -2.37. The second kappa shape index (κ2) is 7.93. The normalized spacial score (nSPS) is 26.2. The molecule has 1 aliphatic carbocycles. The number of rotatable bonds is 6. The highest BCUT2D eigenvalue weighted by Gasteiger charge is 2.31. The van der Waals surface area contributed by atoms with Crippen LogP contribution < -0.4 is 5.32 Å². The van der Waals surface area contributed by atoms with Crippen LogP contribution in [0.5, 0.6) is 0 Å². The number of hydrogen-bond donors (Lipinski definition) is 1. The van der Waals surface area contributed by atoms with Gasteiger partial charge < -0.3 is 5.32 Å². The molecule has 0 saturated heterocycles. The van der Waals surface area contributed by atoms with Crippen LogP contribution in [0.1, 0.15) is 70.1 Å². The van der Waals surface area contributed by atoms with E-state index in [-0.39, 0.29) is 0 Å². The molecule has 2 rings (SSSR count). The van der Waals surface area contributed by atoms with Crippen LogP contribution in [0.4, 0.5) is 0 Å². The third-order valence-electron chi connectivity index (χ3n) is 4.95. The zero-order chi connectivity index (χ0) is 15.2. The van der Waals surface area contributed by atoms with Gasteiger partial charge in [0.1, 0.15) is 0 Å². The Kier molecular flexibility index (Phi) is 6.22. The van der Waals surface area contributed by atoms with E-state index in [2.05, 4.69) is 56.3 Å². The predicted octanol–water partition coefficient (Wildman–Crippen LogP) is 4.69. The van der Waals surface area contributed by atoms with Gasteiger partial charge in [0.15, 0.2) is 0 Å². The van der Waals surface area contributed by atoms with Gasteiger partial charge in [-0.3, -0.25) is 4.98 Å². The maximum Gasteiger partial charge on any atom is 0.0372 e. The quantitative estimate of drug-likeness (QED) is 0.821. The van der Waals surface area contributed by atoms with Crippen LogP contribution in [0.2, 0.25) is 0 Å². The molecule has 1 heterocycles. The molecule has 0 amide bonds. The molecule has 3 unspecified atom stereocenters. The fourth-order valence-electron chi connectivity index (χ4n) is 3.73. The summed E-state index contributed by atoms with van der Waals surface area (Å²) in [5.74, 6) is 2.37. The van der Waals surface area contributed by atoms with Gasteiger partial charge in [-0.2, -0.15) is 0 Å². The number of nitrogens with zero attached hydrogens (tertiary/aromatic N) is 1. The molecule has 1 aromatic heterocycles. The van der Waals surface area contributed by atoms with Crippen molar-refractivity contribution in [3.63, 3.8) is 0 Å². The van der Waals surface area contributed by atoms with E-state index < -0.39 is 0 Å². The summed E-state index contributed by atoms with van der Waals surface area (Å²) in [5.41, 5.74) is 2.58. The first-order valence-corrected chi connectivity index (χ1v) is 8.76. The van der Waals surface area contributed by atoms with Crippen molar-refractivity contribution in [3.05, 3.63) is 29.6 Å². The average molecular weight is 288 g/mol. The Morgan fingerprint density at radius 1 is 1.29 bits per heavy atom. The van der Waals surface area contributed by atoms with Crippen molar-refractivity contribution >= 4 is 0 Å². The van der Waals surface area contributed by atoms with Gasteiger partial charge in [0, 0.05) is 17.9 Å². The number of pyridine rings is 1. The molecule has 0 radical (unpaired) electrons. The summed E-state index contributed by atoms with van der Waals surface area (Å²) in [7, 11) is 0. The molecule has 1 N–H and O–H groups in total. The van der Waals surface area contributed by atoms with Crippen LogP contribution in [-0.2, 0) is 0 Å². The summed E-state index contributed by atoms with van der Waals surface area (Å²) < 4.78 is 0. The third kappa shape index (κ3) is 4.81. The lowest BCUT2D eigenvalue weighted by molar-refractivity contribution is 0.217. The second-order valence-corrected chi connectivity index (χ2v) is 7.13. The summed E-state index contributed by atoms with van der Waals surface area (Å²) in [6.07, 6.45) is 8.95. The van der Waals surface area contributed by atoms with Crippen molar-refractivity contribution in [2.75, 3.05) is 6.54 Å². The van der Waals surface area contributed by atoms with Crippen molar-refractivity contribution in [1.82, 2.24) is 10.3 Å². The van der Waals surface area contributed by atoms with E-state index in [4.69, 9.17) is 0 Å². The Labute approximate surface area is 130 Å². The number of aromatic nitrogens is 1. The molecule has 0 spiro atoms. The Balaban J connectivity index is 2.09. The summed E-state index contributed by atoms with van der Waals surface area (Å²) in [6, 6.07) is 5.06. The van der Waals surface area contributed by atoms with E-state index in [1.807, 2.05) is 0 Å². The molecule has 2 heteroatoms. The number of aryl methyl sites for hydroxylation is 1. The van der Waals surface area contributed by atoms with Gasteiger partial charge >= 0.3 is 0 Å². The topological polar surface area (TPSA) is 24.9 Å². The van der Waals surface area contributed by atoms with Gasteiger partial charge in [-0.25, -0.2) is 0 Å². The Morgan fingerprint density at radius 2 is 2.10 bits per heavy atom. The molecule has 118 valence electrons. The molecular formula is C19H32N2. The smallest absolute Gasteiger partial charge is 0.0372 e. The molecule has 21 heavy (non-hydrogen) atoms. The zero-order valence-electron chi connectivity index (χ0n) is 14.2. The third-order valence-corrected chi connectivity index (χ3v) is 4.95. The van der Waals surface area contributed by atoms with Gasteiger partial charge in [-0.1, -0.05) is 46.1 Å². The maximum absolute atomic E-state index is 4.53. The van der Waals surface area contributed by atoms with Gasteiger partial charge in [-0.15, -0.1) is 0 Å². The highest BCUT2D eigenvalue weighted by atomic mass is 14.9. The van der Waals surface area contributed by atoms with Gasteiger partial charge in [0.2, 0.25) is 0 Å². The van der Waals surface area contributed by atoms with E-state index >= 15 is 0 Å². The number of nitrogens with one attached hydrogen (secondary N) is 1. The predicted molar refractivity (Wildman–Crippen MR) is 90.6 cm³/mol. The first-order valence-electron chi connectivity index (χ1n) is 8.76. The van der Waals surface area contributed by atoms with E-state index in [1.165, 1.54) is 37.7 Å². The van der Waals surface area contributed by atoms with Crippen molar-refractivity contribution in [1.29, 1.82) is 0 Å². The highest BCUT2D eigenvalue weighted by Crippen LogP contribution is 2.41. The first kappa shape index (κ1) is 16.5. The Hall–Kier alpha value is -0.890. The molecule has 0 bridgehead atoms. The fourth-order valence-corrected chi connectivity index (χ4v) is 3.73. The minimum Gasteiger partial charge on any atom is -0.314 e. The SMILES string of the molecule is CCCC1CCC(CNC(C)C)C(c2ccc(C)nc2)C1. The summed E-state index contributed by atoms with van der Waals surface area (Å²) in [5, 5.41) is 3.65. The maximum atomic E-state index is 4.53. The molecule has 1 saturated carbocycles. The van der Waals surface area contributed by atoms with Crippen LogP contribution in [-0.4, -0.2) is 17.6 Å². The lowest BCUT2D eigenvalue weighted by atomic mass is 9.70. The highest BCUT2D eigenvalue weighted by molar-refractivity contribution is 5.20. The van der Waals surface area contributed by atoms with Crippen LogP contribution in [0, 0.1) is 18.8 Å². The van der Waals surface area contributed by atoms with Crippen LogP contribution >= 0.6 is 0 Å². The summed E-state index contributed by atoms with van der Waals surface area (Å²) in [6.45, 7) is 10.0. The van der Waals surface area contributed by atoms with Gasteiger partial charge in [0.25, 0.3) is 0 Å². The van der Waals surface area contributed by atoms with Gasteiger partial charge in [-0.05, 0) is 55.7 Å². The Morgan fingerprint density at radius 3 is 2.71 bits per heavy atom. The minimum absolute atomic E-state index is 0.579. The van der Waals surface area contributed by atoms with E-state index in [0.29, 0.717) is 12.0 Å². The molecule has 0 aromatic carbocycles. The molecule has 2 nitrogen and oxygen atoms in total. The monoisotopic (exact) mass is 288 g/mol. The lowest BCUT2D eigenvalue weighted by Crippen LogP contribution is -2.35. The van der Waals surface area contributed by atoms with E-state index in [0.717, 1.165) is 24.1 Å². The van der Waals surface area contributed by atoms with E-state index in [9.17, 15) is 0 Å². The van der Waals surface area contributed by atoms with Gasteiger partial charge in [0.05, 0.1) is 0 Å². The van der Waals surface area contributed by atoms with Crippen molar-refractivity contribution < 1.29 is 0 Å². The van der Waals surface area contributed by atoms with Crippen molar-refractivity contribution in [2.45, 2.75) is 71.8 Å². The van der Waals surface area contributed by atoms with Crippen LogP contribution in [0.15, 0.2) is 18.3 Å². The molecule has 3 atom stereocenters. The van der Waals surface area contributed by atoms with Crippen molar-refractivity contribution in [3.8, 4) is 0 Å². The Bertz CT molecular complexity index is 410. The van der Waals surface area contributed by atoms with Crippen LogP contribution in [0.25, 0.3) is 0 Å². The zero-order valence-corrected chi connectivity index (χ0v) is 14.2. The molecule has 1 aliphatic rings. The molecule has 1 aromatic rings. The summed E-state index contributed by atoms with van der Waals surface area (Å²) >= 11 is 0. The average Bonchev–Trinajstić information content (AvgIpc) is 2.47. The molecule has 1 fully saturated rings. The van der Waals surface area contributed by atoms with E-state index in [1.54, 1.807) is 0 Å². The largest absolute Gasteiger partial charge is 0.314 e. The second-order valence-electron chi connectivity index (χ2n) is 7.13. The number of hydrogen-bond acceptors (Lipinski definition) is 2. The molecule has 0 aliphatic heterocycles.